The first kappa shape index (κ1) is 20.0. The number of hydrogen-bond donors (Lipinski definition) is 0. The number of carbonyl (C=O) groups is 1. The molecular weight excluding hydrogens is 381 g/mol. The summed E-state index contributed by atoms with van der Waals surface area (Å²) in [6.45, 7) is 6.06. The number of nitrogens with zero attached hydrogens (tertiary/aromatic N) is 3. The number of anilines is 1. The Kier molecular flexibility index (Phi) is 5.02. The number of aromatic nitrogens is 2. The standard InChI is InChI=1S/C24H24FN3O2/c1-16-6-12-21-18(15-16)5-4-14-27(21)23(30)24(2,3)28-22(29)13-11-20(26-28)17-7-9-19(25)10-8-17/h6-13,15H,4-5,14H2,1-3H3. The predicted octanol–water partition coefficient (Wildman–Crippen LogP) is 4.07. The van der Waals surface area contributed by atoms with Gasteiger partial charge < -0.3 is 4.90 Å². The Morgan fingerprint density at radius 2 is 1.80 bits per heavy atom. The smallest absolute Gasteiger partial charge is 0.267 e. The fraction of sp³-hybridized carbons (Fsp3) is 0.292. The lowest BCUT2D eigenvalue weighted by Crippen LogP contribution is -2.52. The molecule has 5 nitrogen and oxygen atoms in total. The maximum Gasteiger partial charge on any atom is 0.267 e. The Morgan fingerprint density at radius 3 is 2.53 bits per heavy atom. The molecule has 0 atom stereocenters. The van der Waals surface area contributed by atoms with Gasteiger partial charge >= 0.3 is 0 Å². The minimum atomic E-state index is -1.19. The molecular formula is C24H24FN3O2. The highest BCUT2D eigenvalue weighted by Gasteiger charge is 2.38. The van der Waals surface area contributed by atoms with Crippen LogP contribution in [0.2, 0.25) is 0 Å². The number of hydrogen-bond acceptors (Lipinski definition) is 3. The Labute approximate surface area is 174 Å². The Morgan fingerprint density at radius 1 is 1.07 bits per heavy atom. The lowest BCUT2D eigenvalue weighted by Gasteiger charge is -2.36. The van der Waals surface area contributed by atoms with Crippen LogP contribution in [-0.2, 0) is 16.8 Å². The van der Waals surface area contributed by atoms with Gasteiger partial charge in [-0.25, -0.2) is 9.07 Å². The average Bonchev–Trinajstić information content (AvgIpc) is 2.73. The second-order valence-electron chi connectivity index (χ2n) is 8.23. The van der Waals surface area contributed by atoms with Gasteiger partial charge in [0, 0.05) is 23.9 Å². The normalized spacial score (nSPS) is 13.8. The van der Waals surface area contributed by atoms with Gasteiger partial charge in [-0.2, -0.15) is 5.10 Å². The zero-order valence-electron chi connectivity index (χ0n) is 17.4. The molecule has 2 aromatic carbocycles. The van der Waals surface area contributed by atoms with Crippen LogP contribution in [0, 0.1) is 12.7 Å². The molecule has 0 saturated heterocycles. The van der Waals surface area contributed by atoms with Crippen LogP contribution >= 0.6 is 0 Å². The van der Waals surface area contributed by atoms with E-state index in [-0.39, 0.29) is 17.3 Å². The molecule has 0 fully saturated rings. The Balaban J connectivity index is 1.74. The summed E-state index contributed by atoms with van der Waals surface area (Å²) in [5.41, 5.74) is 2.83. The van der Waals surface area contributed by atoms with E-state index in [9.17, 15) is 14.0 Å². The van der Waals surface area contributed by atoms with E-state index in [4.69, 9.17) is 0 Å². The van der Waals surface area contributed by atoms with Crippen molar-refractivity contribution < 1.29 is 9.18 Å². The summed E-state index contributed by atoms with van der Waals surface area (Å²) in [4.78, 5) is 28.0. The van der Waals surface area contributed by atoms with Crippen LogP contribution in [0.4, 0.5) is 10.1 Å². The van der Waals surface area contributed by atoms with Crippen molar-refractivity contribution in [1.29, 1.82) is 0 Å². The lowest BCUT2D eigenvalue weighted by atomic mass is 9.96. The van der Waals surface area contributed by atoms with Crippen LogP contribution in [0.1, 0.15) is 31.4 Å². The van der Waals surface area contributed by atoms with Crippen molar-refractivity contribution in [3.8, 4) is 11.3 Å². The zero-order valence-corrected chi connectivity index (χ0v) is 17.4. The Hall–Kier alpha value is -3.28. The highest BCUT2D eigenvalue weighted by molar-refractivity contribution is 5.99. The van der Waals surface area contributed by atoms with Crippen molar-refractivity contribution in [2.75, 3.05) is 11.4 Å². The van der Waals surface area contributed by atoms with Crippen LogP contribution < -0.4 is 10.5 Å². The van der Waals surface area contributed by atoms with Crippen molar-refractivity contribution in [1.82, 2.24) is 9.78 Å². The minimum absolute atomic E-state index is 0.182. The van der Waals surface area contributed by atoms with Gasteiger partial charge in [-0.3, -0.25) is 9.59 Å². The fourth-order valence-electron chi connectivity index (χ4n) is 3.94. The molecule has 4 rings (SSSR count). The average molecular weight is 405 g/mol. The molecule has 3 aromatic rings. The van der Waals surface area contributed by atoms with Crippen molar-refractivity contribution in [2.24, 2.45) is 0 Å². The summed E-state index contributed by atoms with van der Waals surface area (Å²) in [5.74, 6) is -0.528. The van der Waals surface area contributed by atoms with Gasteiger partial charge in [0.1, 0.15) is 11.4 Å². The second-order valence-corrected chi connectivity index (χ2v) is 8.23. The van der Waals surface area contributed by atoms with Crippen LogP contribution in [0.15, 0.2) is 59.4 Å². The summed E-state index contributed by atoms with van der Waals surface area (Å²) >= 11 is 0. The summed E-state index contributed by atoms with van der Waals surface area (Å²) in [7, 11) is 0. The molecule has 6 heteroatoms. The van der Waals surface area contributed by atoms with Crippen molar-refractivity contribution in [3.63, 3.8) is 0 Å². The van der Waals surface area contributed by atoms with Crippen LogP contribution in [0.3, 0.4) is 0 Å². The third-order valence-corrected chi connectivity index (χ3v) is 5.59. The van der Waals surface area contributed by atoms with E-state index in [1.165, 1.54) is 22.9 Å². The second kappa shape index (κ2) is 7.52. The maximum absolute atomic E-state index is 13.6. The third-order valence-electron chi connectivity index (χ3n) is 5.59. The highest BCUT2D eigenvalue weighted by Crippen LogP contribution is 2.31. The molecule has 0 bridgehead atoms. The van der Waals surface area contributed by atoms with Crippen LogP contribution in [-0.4, -0.2) is 22.2 Å². The zero-order chi connectivity index (χ0) is 21.5. The first-order chi connectivity index (χ1) is 14.3. The molecule has 0 spiro atoms. The van der Waals surface area contributed by atoms with E-state index in [1.807, 2.05) is 19.1 Å². The van der Waals surface area contributed by atoms with Gasteiger partial charge in [0.05, 0.1) is 5.69 Å². The number of carbonyl (C=O) groups excluding carboxylic acids is 1. The number of halogens is 1. The SMILES string of the molecule is Cc1ccc2c(c1)CCCN2C(=O)C(C)(C)n1nc(-c2ccc(F)cc2)ccc1=O. The molecule has 0 radical (unpaired) electrons. The molecule has 0 saturated carbocycles. The van der Waals surface area contributed by atoms with E-state index in [0.29, 0.717) is 17.8 Å². The molecule has 0 N–H and O–H groups in total. The minimum Gasteiger partial charge on any atom is -0.310 e. The monoisotopic (exact) mass is 405 g/mol. The van der Waals surface area contributed by atoms with Crippen molar-refractivity contribution in [3.05, 3.63) is 81.9 Å². The molecule has 1 amide bonds. The highest BCUT2D eigenvalue weighted by atomic mass is 19.1. The van der Waals surface area contributed by atoms with E-state index < -0.39 is 5.54 Å². The summed E-state index contributed by atoms with van der Waals surface area (Å²) in [6, 6.07) is 15.0. The van der Waals surface area contributed by atoms with Crippen LogP contribution in [0.25, 0.3) is 11.3 Å². The van der Waals surface area contributed by atoms with Crippen molar-refractivity contribution in [2.45, 2.75) is 39.2 Å². The van der Waals surface area contributed by atoms with Crippen molar-refractivity contribution >= 4 is 11.6 Å². The molecule has 1 aromatic heterocycles. The number of benzene rings is 2. The molecule has 0 aliphatic carbocycles. The molecule has 0 unspecified atom stereocenters. The number of fused-ring (bicyclic) bond motifs is 1. The van der Waals surface area contributed by atoms with E-state index in [2.05, 4.69) is 11.2 Å². The number of rotatable bonds is 3. The number of aryl methyl sites for hydroxylation is 2. The molecule has 154 valence electrons. The van der Waals surface area contributed by atoms with E-state index in [1.54, 1.807) is 36.9 Å². The first-order valence-corrected chi connectivity index (χ1v) is 10.1. The lowest BCUT2D eigenvalue weighted by molar-refractivity contribution is -0.126. The predicted molar refractivity (Wildman–Crippen MR) is 115 cm³/mol. The molecule has 1 aliphatic rings. The fourth-order valence-corrected chi connectivity index (χ4v) is 3.94. The van der Waals surface area contributed by atoms with Gasteiger partial charge in [0.15, 0.2) is 0 Å². The molecule has 2 heterocycles. The third kappa shape index (κ3) is 3.54. The van der Waals surface area contributed by atoms with Gasteiger partial charge in [-0.1, -0.05) is 17.7 Å². The number of amides is 1. The van der Waals surface area contributed by atoms with Gasteiger partial charge in [-0.15, -0.1) is 0 Å². The molecule has 1 aliphatic heterocycles. The summed E-state index contributed by atoms with van der Waals surface area (Å²) < 4.78 is 14.5. The summed E-state index contributed by atoms with van der Waals surface area (Å²) in [6.07, 6.45) is 1.80. The molecule has 30 heavy (non-hydrogen) atoms. The first-order valence-electron chi connectivity index (χ1n) is 10.1. The topological polar surface area (TPSA) is 55.2 Å². The van der Waals surface area contributed by atoms with Gasteiger partial charge in [0.2, 0.25) is 0 Å². The quantitative estimate of drug-likeness (QED) is 0.660. The summed E-state index contributed by atoms with van der Waals surface area (Å²) in [5, 5.41) is 4.46. The van der Waals surface area contributed by atoms with Gasteiger partial charge in [-0.05, 0) is 75.6 Å². The van der Waals surface area contributed by atoms with E-state index in [0.717, 1.165) is 29.7 Å². The maximum atomic E-state index is 13.6. The van der Waals surface area contributed by atoms with Gasteiger partial charge in [0.25, 0.3) is 11.5 Å². The van der Waals surface area contributed by atoms with Crippen LogP contribution in [0.5, 0.6) is 0 Å². The largest absolute Gasteiger partial charge is 0.310 e. The Bertz CT molecular complexity index is 1170. The van der Waals surface area contributed by atoms with E-state index >= 15 is 0 Å².